The zero-order valence-corrected chi connectivity index (χ0v) is 9.40. The number of aromatic nitrogens is 1. The van der Waals surface area contributed by atoms with Crippen LogP contribution >= 0.6 is 12.2 Å². The number of nitrogens with one attached hydrogen (secondary N) is 1. The summed E-state index contributed by atoms with van der Waals surface area (Å²) in [5.74, 6) is 0. The summed E-state index contributed by atoms with van der Waals surface area (Å²) in [7, 11) is 0. The van der Waals surface area contributed by atoms with E-state index in [4.69, 9.17) is 12.2 Å². The molecule has 0 aliphatic heterocycles. The third kappa shape index (κ3) is 2.55. The van der Waals surface area contributed by atoms with Crippen molar-refractivity contribution >= 4 is 12.2 Å². The maximum absolute atomic E-state index is 12.8. The van der Waals surface area contributed by atoms with Gasteiger partial charge in [0.2, 0.25) is 0 Å². The first-order valence-corrected chi connectivity index (χ1v) is 5.25. The highest BCUT2D eigenvalue weighted by Crippen LogP contribution is 2.35. The predicted octanol–water partition coefficient (Wildman–Crippen LogP) is 4.43. The van der Waals surface area contributed by atoms with Crippen LogP contribution in [0.25, 0.3) is 11.1 Å². The average molecular weight is 255 g/mol. The fraction of sp³-hybridized carbons (Fsp3) is 0.0833. The van der Waals surface area contributed by atoms with Gasteiger partial charge in [-0.05, 0) is 17.7 Å². The fourth-order valence-corrected chi connectivity index (χ4v) is 1.73. The van der Waals surface area contributed by atoms with Crippen LogP contribution in [-0.4, -0.2) is 4.98 Å². The van der Waals surface area contributed by atoms with Crippen LogP contribution in [0, 0.1) is 4.64 Å². The zero-order chi connectivity index (χ0) is 12.5. The van der Waals surface area contributed by atoms with Gasteiger partial charge in [0.25, 0.3) is 0 Å². The van der Waals surface area contributed by atoms with Gasteiger partial charge in [-0.25, -0.2) is 0 Å². The Morgan fingerprint density at radius 1 is 0.941 bits per heavy atom. The van der Waals surface area contributed by atoms with Gasteiger partial charge in [-0.3, -0.25) is 0 Å². The van der Waals surface area contributed by atoms with Crippen molar-refractivity contribution in [1.29, 1.82) is 0 Å². The molecule has 2 rings (SSSR count). The van der Waals surface area contributed by atoms with E-state index in [1.54, 1.807) is 30.3 Å². The fourth-order valence-electron chi connectivity index (χ4n) is 1.56. The summed E-state index contributed by atoms with van der Waals surface area (Å²) in [6, 6.07) is 11.2. The summed E-state index contributed by atoms with van der Waals surface area (Å²) in [5.41, 5.74) is -0.200. The molecule has 0 unspecified atom stereocenters. The molecule has 0 saturated heterocycles. The average Bonchev–Trinajstić information content (AvgIpc) is 2.29. The van der Waals surface area contributed by atoms with E-state index in [1.165, 1.54) is 12.1 Å². The molecule has 1 heterocycles. The number of alkyl halides is 3. The number of hydrogen-bond acceptors (Lipinski definition) is 1. The first-order chi connectivity index (χ1) is 7.98. The molecule has 0 radical (unpaired) electrons. The van der Waals surface area contributed by atoms with Gasteiger partial charge in [-0.2, -0.15) is 13.2 Å². The van der Waals surface area contributed by atoms with Crippen LogP contribution in [0.5, 0.6) is 0 Å². The van der Waals surface area contributed by atoms with Gasteiger partial charge in [0.05, 0.1) is 0 Å². The number of pyridine rings is 1. The number of H-pyrrole nitrogens is 1. The van der Waals surface area contributed by atoms with E-state index in [0.717, 1.165) is 0 Å². The second kappa shape index (κ2) is 4.33. The van der Waals surface area contributed by atoms with Crippen LogP contribution in [0.1, 0.15) is 5.69 Å². The molecule has 0 atom stereocenters. The van der Waals surface area contributed by atoms with E-state index in [2.05, 4.69) is 4.98 Å². The number of aromatic amines is 1. The van der Waals surface area contributed by atoms with Crippen molar-refractivity contribution in [3.63, 3.8) is 0 Å². The second-order valence-electron chi connectivity index (χ2n) is 3.48. The lowest BCUT2D eigenvalue weighted by atomic mass is 10.0. The summed E-state index contributed by atoms with van der Waals surface area (Å²) >= 11 is 4.72. The second-order valence-corrected chi connectivity index (χ2v) is 3.91. The molecule has 5 heteroatoms. The van der Waals surface area contributed by atoms with Gasteiger partial charge in [0.15, 0.2) is 0 Å². The lowest BCUT2D eigenvalue weighted by Gasteiger charge is -2.12. The highest BCUT2D eigenvalue weighted by molar-refractivity contribution is 7.71. The normalized spacial score (nSPS) is 11.5. The van der Waals surface area contributed by atoms with Gasteiger partial charge in [-0.15, -0.1) is 0 Å². The van der Waals surface area contributed by atoms with Crippen LogP contribution in [0.3, 0.4) is 0 Å². The van der Waals surface area contributed by atoms with Crippen LogP contribution in [0.2, 0.25) is 0 Å². The van der Waals surface area contributed by atoms with Crippen LogP contribution in [-0.2, 0) is 6.18 Å². The summed E-state index contributed by atoms with van der Waals surface area (Å²) < 4.78 is 38.6. The quantitative estimate of drug-likeness (QED) is 0.745. The van der Waals surface area contributed by atoms with Crippen molar-refractivity contribution < 1.29 is 13.2 Å². The molecule has 0 aliphatic rings. The molecule has 1 nitrogen and oxygen atoms in total. The molecular formula is C12H8F3NS. The standard InChI is InChI=1S/C12H8F3NS/c13-12(14,15)11-9(6-7-10(17)16-11)8-4-2-1-3-5-8/h1-7H,(H,16,17). The molecule has 1 aromatic heterocycles. The van der Waals surface area contributed by atoms with E-state index < -0.39 is 11.9 Å². The molecule has 0 aliphatic carbocycles. The molecular weight excluding hydrogens is 247 g/mol. The van der Waals surface area contributed by atoms with E-state index in [9.17, 15) is 13.2 Å². The lowest BCUT2D eigenvalue weighted by molar-refractivity contribution is -0.140. The van der Waals surface area contributed by atoms with Gasteiger partial charge in [0.1, 0.15) is 10.3 Å². The Kier molecular flexibility index (Phi) is 3.02. The maximum Gasteiger partial charge on any atom is 0.431 e. The molecule has 2 aromatic rings. The van der Waals surface area contributed by atoms with Gasteiger partial charge < -0.3 is 4.98 Å². The third-order valence-electron chi connectivity index (χ3n) is 2.29. The van der Waals surface area contributed by atoms with Crippen molar-refractivity contribution in [2.75, 3.05) is 0 Å². The molecule has 88 valence electrons. The molecule has 1 aromatic carbocycles. The minimum atomic E-state index is -4.44. The summed E-state index contributed by atoms with van der Waals surface area (Å²) in [5, 5.41) is 0. The lowest BCUT2D eigenvalue weighted by Crippen LogP contribution is -2.10. The molecule has 17 heavy (non-hydrogen) atoms. The monoisotopic (exact) mass is 255 g/mol. The summed E-state index contributed by atoms with van der Waals surface area (Å²) in [6.45, 7) is 0. The Morgan fingerprint density at radius 2 is 1.59 bits per heavy atom. The number of benzene rings is 1. The van der Waals surface area contributed by atoms with Gasteiger partial charge >= 0.3 is 6.18 Å². The molecule has 0 bridgehead atoms. The first kappa shape index (κ1) is 11.9. The highest BCUT2D eigenvalue weighted by atomic mass is 32.1. The van der Waals surface area contributed by atoms with Crippen molar-refractivity contribution in [3.8, 4) is 11.1 Å². The first-order valence-electron chi connectivity index (χ1n) is 4.84. The topological polar surface area (TPSA) is 15.8 Å². The molecule has 0 fully saturated rings. The van der Waals surface area contributed by atoms with E-state index >= 15 is 0 Å². The number of halogens is 3. The minimum Gasteiger partial charge on any atom is -0.342 e. The summed E-state index contributed by atoms with van der Waals surface area (Å²) in [6.07, 6.45) is -4.44. The van der Waals surface area contributed by atoms with Crippen molar-refractivity contribution in [1.82, 2.24) is 4.98 Å². The molecule has 0 saturated carbocycles. The Labute approximate surface area is 101 Å². The smallest absolute Gasteiger partial charge is 0.342 e. The van der Waals surface area contributed by atoms with E-state index in [0.29, 0.717) is 5.56 Å². The number of hydrogen-bond donors (Lipinski definition) is 1. The third-order valence-corrected chi connectivity index (χ3v) is 2.53. The van der Waals surface area contributed by atoms with E-state index in [1.807, 2.05) is 0 Å². The zero-order valence-electron chi connectivity index (χ0n) is 8.58. The molecule has 1 N–H and O–H groups in total. The SMILES string of the molecule is FC(F)(F)c1[nH]c(=S)ccc1-c1ccccc1. The number of rotatable bonds is 1. The largest absolute Gasteiger partial charge is 0.431 e. The van der Waals surface area contributed by atoms with Crippen LogP contribution < -0.4 is 0 Å². The molecule has 0 amide bonds. The Hall–Kier alpha value is -1.62. The van der Waals surface area contributed by atoms with Crippen molar-refractivity contribution in [2.24, 2.45) is 0 Å². The van der Waals surface area contributed by atoms with E-state index in [-0.39, 0.29) is 10.2 Å². The van der Waals surface area contributed by atoms with Crippen molar-refractivity contribution in [2.45, 2.75) is 6.18 Å². The Bertz CT molecular complexity index is 572. The van der Waals surface area contributed by atoms with Crippen molar-refractivity contribution in [3.05, 3.63) is 52.8 Å². The Morgan fingerprint density at radius 3 is 2.18 bits per heavy atom. The Balaban J connectivity index is 2.67. The minimum absolute atomic E-state index is 0.0667. The maximum atomic E-state index is 12.8. The van der Waals surface area contributed by atoms with Gasteiger partial charge in [-0.1, -0.05) is 42.5 Å². The highest BCUT2D eigenvalue weighted by Gasteiger charge is 2.34. The van der Waals surface area contributed by atoms with Crippen LogP contribution in [0.4, 0.5) is 13.2 Å². The van der Waals surface area contributed by atoms with Crippen LogP contribution in [0.15, 0.2) is 42.5 Å². The van der Waals surface area contributed by atoms with Gasteiger partial charge in [0, 0.05) is 5.56 Å². The molecule has 0 spiro atoms. The summed E-state index contributed by atoms with van der Waals surface area (Å²) in [4.78, 5) is 2.20. The predicted molar refractivity (Wildman–Crippen MR) is 62.1 cm³/mol.